The number of nitrogen functional groups attached to an aromatic ring is 1. The molecule has 0 bridgehead atoms. The van der Waals surface area contributed by atoms with Gasteiger partial charge in [-0.1, -0.05) is 32.0 Å². The van der Waals surface area contributed by atoms with Gasteiger partial charge >= 0.3 is 12.2 Å². The van der Waals surface area contributed by atoms with Gasteiger partial charge in [0.2, 0.25) is 0 Å². The molecular formula is C29H32F3N7O. The Hall–Kier alpha value is -4.12. The highest BCUT2D eigenvalue weighted by atomic mass is 19.4. The zero-order valence-corrected chi connectivity index (χ0v) is 22.4. The van der Waals surface area contributed by atoms with Gasteiger partial charge in [0.05, 0.1) is 17.5 Å². The third-order valence-corrected chi connectivity index (χ3v) is 7.07. The van der Waals surface area contributed by atoms with E-state index in [1.54, 1.807) is 12.1 Å². The first-order valence-electron chi connectivity index (χ1n) is 13.3. The highest BCUT2D eigenvalue weighted by Gasteiger charge is 2.30. The lowest BCUT2D eigenvalue weighted by Crippen LogP contribution is -2.24. The first kappa shape index (κ1) is 27.4. The number of aromatic nitrogens is 3. The number of halogens is 3. The van der Waals surface area contributed by atoms with Crippen molar-refractivity contribution in [1.29, 1.82) is 0 Å². The maximum atomic E-state index is 13.0. The lowest BCUT2D eigenvalue weighted by atomic mass is 9.99. The van der Waals surface area contributed by atoms with Crippen LogP contribution in [0.4, 0.5) is 35.2 Å². The Kier molecular flexibility index (Phi) is 7.66. The summed E-state index contributed by atoms with van der Waals surface area (Å²) in [4.78, 5) is 19.8. The molecule has 0 spiro atoms. The molecule has 0 radical (unpaired) electrons. The van der Waals surface area contributed by atoms with Crippen LogP contribution in [0.5, 0.6) is 0 Å². The van der Waals surface area contributed by atoms with Crippen LogP contribution < -0.4 is 16.4 Å². The average molecular weight is 552 g/mol. The number of fused-ring (bicyclic) bond motifs is 1. The number of benzene rings is 2. The highest BCUT2D eigenvalue weighted by Crippen LogP contribution is 2.35. The lowest BCUT2D eigenvalue weighted by Gasteiger charge is -2.15. The third kappa shape index (κ3) is 6.04. The van der Waals surface area contributed by atoms with Crippen LogP contribution in [-0.4, -0.2) is 45.3 Å². The number of alkyl halides is 3. The minimum Gasteiger partial charge on any atom is -0.382 e. The second-order valence-corrected chi connectivity index (χ2v) is 10.3. The predicted octanol–water partition coefficient (Wildman–Crippen LogP) is 6.56. The molecular weight excluding hydrogens is 519 g/mol. The number of hydrogen-bond donors (Lipinski definition) is 3. The van der Waals surface area contributed by atoms with Crippen molar-refractivity contribution in [2.24, 2.45) is 0 Å². The van der Waals surface area contributed by atoms with E-state index in [4.69, 9.17) is 10.7 Å². The molecule has 2 aromatic carbocycles. The van der Waals surface area contributed by atoms with Crippen LogP contribution in [0.15, 0.2) is 54.6 Å². The standard InChI is InChI=1S/C29H32F3N7O/c1-18(2)24-17-23(25-26(33)37-39(27(25)36-24)15-14-38-12-3-4-13-38)19-8-10-21(11-9-19)34-28(40)35-22-7-5-6-20(16-22)29(30,31)32/h5-11,16-18H,3-4,12-15H2,1-2H3,(H2,33,37)(H2,34,35,40). The molecule has 8 nitrogen and oxygen atoms in total. The summed E-state index contributed by atoms with van der Waals surface area (Å²) in [5.41, 5.74) is 9.56. The molecule has 210 valence electrons. The van der Waals surface area contributed by atoms with Gasteiger partial charge in [0, 0.05) is 23.6 Å². The summed E-state index contributed by atoms with van der Waals surface area (Å²) in [6.45, 7) is 7.96. The lowest BCUT2D eigenvalue weighted by molar-refractivity contribution is -0.137. The summed E-state index contributed by atoms with van der Waals surface area (Å²) < 4.78 is 40.8. The van der Waals surface area contributed by atoms with Gasteiger partial charge in [-0.2, -0.15) is 18.3 Å². The van der Waals surface area contributed by atoms with E-state index in [0.717, 1.165) is 59.6 Å². The fourth-order valence-corrected chi connectivity index (χ4v) is 4.94. The van der Waals surface area contributed by atoms with Crippen molar-refractivity contribution in [2.45, 2.75) is 45.3 Å². The van der Waals surface area contributed by atoms with E-state index in [1.165, 1.54) is 25.0 Å². The van der Waals surface area contributed by atoms with E-state index in [2.05, 4.69) is 34.5 Å². The fraction of sp³-hybridized carbons (Fsp3) is 0.345. The van der Waals surface area contributed by atoms with Crippen molar-refractivity contribution in [3.63, 3.8) is 0 Å². The minimum atomic E-state index is -4.49. The Labute approximate surface area is 230 Å². The molecule has 3 heterocycles. The summed E-state index contributed by atoms with van der Waals surface area (Å²) in [5, 5.41) is 10.5. The van der Waals surface area contributed by atoms with Crippen LogP contribution in [0.3, 0.4) is 0 Å². The van der Waals surface area contributed by atoms with Crippen molar-refractivity contribution in [1.82, 2.24) is 19.7 Å². The fourth-order valence-electron chi connectivity index (χ4n) is 4.94. The second-order valence-electron chi connectivity index (χ2n) is 10.3. The minimum absolute atomic E-state index is 0.0431. The van der Waals surface area contributed by atoms with Crippen molar-refractivity contribution in [3.05, 3.63) is 65.9 Å². The number of carbonyl (C=O) groups is 1. The summed E-state index contributed by atoms with van der Waals surface area (Å²) in [6, 6.07) is 13.0. The smallest absolute Gasteiger partial charge is 0.382 e. The van der Waals surface area contributed by atoms with Gasteiger partial charge in [0.1, 0.15) is 0 Å². The van der Waals surface area contributed by atoms with Crippen LogP contribution in [0.25, 0.3) is 22.2 Å². The van der Waals surface area contributed by atoms with Crippen molar-refractivity contribution < 1.29 is 18.0 Å². The van der Waals surface area contributed by atoms with Gasteiger partial charge < -0.3 is 21.3 Å². The molecule has 2 aromatic heterocycles. The number of rotatable bonds is 7. The van der Waals surface area contributed by atoms with Gasteiger partial charge in [-0.25, -0.2) is 14.5 Å². The van der Waals surface area contributed by atoms with Crippen LogP contribution in [0, 0.1) is 0 Å². The molecule has 40 heavy (non-hydrogen) atoms. The third-order valence-electron chi connectivity index (χ3n) is 7.07. The molecule has 1 aliphatic rings. The van der Waals surface area contributed by atoms with Gasteiger partial charge in [-0.05, 0) is 79.4 Å². The zero-order valence-electron chi connectivity index (χ0n) is 22.4. The second kappa shape index (κ2) is 11.2. The number of pyridine rings is 1. The number of nitrogens with two attached hydrogens (primary N) is 1. The number of urea groups is 1. The van der Waals surface area contributed by atoms with Crippen LogP contribution in [-0.2, 0) is 12.7 Å². The maximum absolute atomic E-state index is 13.0. The van der Waals surface area contributed by atoms with E-state index < -0.39 is 17.8 Å². The van der Waals surface area contributed by atoms with Crippen LogP contribution >= 0.6 is 0 Å². The maximum Gasteiger partial charge on any atom is 0.416 e. The topological polar surface area (TPSA) is 101 Å². The van der Waals surface area contributed by atoms with Crippen LogP contribution in [0.2, 0.25) is 0 Å². The number of nitrogens with zero attached hydrogens (tertiary/aromatic N) is 4. The number of carbonyl (C=O) groups excluding carboxylic acids is 1. The van der Waals surface area contributed by atoms with Crippen molar-refractivity contribution >= 4 is 34.3 Å². The van der Waals surface area contributed by atoms with E-state index in [0.29, 0.717) is 18.1 Å². The molecule has 1 aliphatic heterocycles. The molecule has 0 aliphatic carbocycles. The van der Waals surface area contributed by atoms with Gasteiger partial charge in [0.15, 0.2) is 11.5 Å². The van der Waals surface area contributed by atoms with Gasteiger partial charge in [-0.15, -0.1) is 0 Å². The SMILES string of the molecule is CC(C)c1cc(-c2ccc(NC(=O)Nc3cccc(C(F)(F)F)c3)cc2)c2c(N)nn(CCN3CCCC3)c2n1. The Morgan fingerprint density at radius 3 is 2.38 bits per heavy atom. The van der Waals surface area contributed by atoms with Gasteiger partial charge in [0.25, 0.3) is 0 Å². The number of hydrogen-bond acceptors (Lipinski definition) is 5. The van der Waals surface area contributed by atoms with Crippen LogP contribution in [0.1, 0.15) is 43.9 Å². The van der Waals surface area contributed by atoms with E-state index in [1.807, 2.05) is 22.9 Å². The molecule has 2 amide bonds. The summed E-state index contributed by atoms with van der Waals surface area (Å²) >= 11 is 0. The molecule has 0 atom stereocenters. The van der Waals surface area contributed by atoms with Crippen molar-refractivity contribution in [3.8, 4) is 11.1 Å². The van der Waals surface area contributed by atoms with Gasteiger partial charge in [-0.3, -0.25) is 0 Å². The van der Waals surface area contributed by atoms with E-state index in [-0.39, 0.29) is 11.6 Å². The largest absolute Gasteiger partial charge is 0.416 e. The Morgan fingerprint density at radius 2 is 1.70 bits per heavy atom. The number of anilines is 3. The summed E-state index contributed by atoms with van der Waals surface area (Å²) in [7, 11) is 0. The number of nitrogens with one attached hydrogen (secondary N) is 2. The van der Waals surface area contributed by atoms with Crippen molar-refractivity contribution in [2.75, 3.05) is 36.0 Å². The Morgan fingerprint density at radius 1 is 1.00 bits per heavy atom. The van der Waals surface area contributed by atoms with E-state index >= 15 is 0 Å². The Bertz CT molecular complexity index is 1510. The van der Waals surface area contributed by atoms with E-state index in [9.17, 15) is 18.0 Å². The molecule has 0 saturated carbocycles. The average Bonchev–Trinajstić information content (AvgIpc) is 3.55. The first-order chi connectivity index (χ1) is 19.1. The molecule has 4 aromatic rings. The normalized spacial score (nSPS) is 14.2. The Balaban J connectivity index is 1.37. The number of likely N-dealkylation sites (tertiary alicyclic amines) is 1. The first-order valence-corrected chi connectivity index (χ1v) is 13.3. The molecule has 0 unspecified atom stereocenters. The summed E-state index contributed by atoms with van der Waals surface area (Å²) in [6.07, 6.45) is -2.05. The quantitative estimate of drug-likeness (QED) is 0.241. The monoisotopic (exact) mass is 551 g/mol. The zero-order chi connectivity index (χ0) is 28.4. The molecule has 1 saturated heterocycles. The number of amides is 2. The molecule has 5 rings (SSSR count). The highest BCUT2D eigenvalue weighted by molar-refractivity contribution is 6.02. The molecule has 11 heteroatoms. The molecule has 4 N–H and O–H groups in total. The summed E-state index contributed by atoms with van der Waals surface area (Å²) in [5.74, 6) is 0.601. The molecule has 1 fully saturated rings. The predicted molar refractivity (Wildman–Crippen MR) is 151 cm³/mol.